The van der Waals surface area contributed by atoms with Gasteiger partial charge in [0, 0.05) is 26.3 Å². The first kappa shape index (κ1) is 11.6. The summed E-state index contributed by atoms with van der Waals surface area (Å²) in [7, 11) is 1.58. The van der Waals surface area contributed by atoms with Gasteiger partial charge in [-0.05, 0) is 12.5 Å². The van der Waals surface area contributed by atoms with Crippen molar-refractivity contribution in [3.05, 3.63) is 24.2 Å². The fraction of sp³-hybridized carbons (Fsp3) is 0.333. The highest BCUT2D eigenvalue weighted by Crippen LogP contribution is 2.32. The third-order valence-electron chi connectivity index (χ3n) is 2.47. The molecule has 5 heteroatoms. The molecule has 1 N–H and O–H groups in total. The normalized spacial score (nSPS) is 10.9. The van der Waals surface area contributed by atoms with Crippen LogP contribution >= 0.6 is 0 Å². The number of hydrogen-bond acceptors (Lipinski definition) is 5. The number of furan rings is 1. The van der Waals surface area contributed by atoms with Gasteiger partial charge in [-0.1, -0.05) is 0 Å². The van der Waals surface area contributed by atoms with Gasteiger partial charge < -0.3 is 14.3 Å². The predicted octanol–water partition coefficient (Wildman–Crippen LogP) is 2.14. The molecule has 0 fully saturated rings. The smallest absolute Gasteiger partial charge is 0.212 e. The van der Waals surface area contributed by atoms with Crippen molar-refractivity contribution >= 4 is 16.8 Å². The van der Waals surface area contributed by atoms with Gasteiger partial charge in [-0.3, -0.25) is 9.78 Å². The van der Waals surface area contributed by atoms with Gasteiger partial charge in [-0.2, -0.15) is 0 Å². The Kier molecular flexibility index (Phi) is 3.39. The average Bonchev–Trinajstić information content (AvgIpc) is 2.68. The molecule has 0 bridgehead atoms. The van der Waals surface area contributed by atoms with Crippen LogP contribution in [0.2, 0.25) is 0 Å². The zero-order valence-electron chi connectivity index (χ0n) is 9.47. The first-order valence-electron chi connectivity index (χ1n) is 5.31. The molecule has 2 aromatic rings. The molecular weight excluding hydrogens is 222 g/mol. The minimum atomic E-state index is -0.226. The van der Waals surface area contributed by atoms with Gasteiger partial charge >= 0.3 is 0 Å². The second kappa shape index (κ2) is 4.97. The molecule has 17 heavy (non-hydrogen) atoms. The van der Waals surface area contributed by atoms with Gasteiger partial charge in [0.15, 0.2) is 11.3 Å². The number of carbonyl (C=O) groups excluding carboxylic acids is 1. The van der Waals surface area contributed by atoms with Crippen molar-refractivity contribution in [3.63, 3.8) is 0 Å². The molecule has 0 aliphatic rings. The molecule has 0 aliphatic heterocycles. The first-order chi connectivity index (χ1) is 8.24. The maximum Gasteiger partial charge on any atom is 0.212 e. The zero-order valence-corrected chi connectivity index (χ0v) is 9.47. The van der Waals surface area contributed by atoms with Crippen LogP contribution in [0.25, 0.3) is 11.0 Å². The summed E-state index contributed by atoms with van der Waals surface area (Å²) < 4.78 is 10.2. The van der Waals surface area contributed by atoms with E-state index in [4.69, 9.17) is 9.15 Å². The quantitative estimate of drug-likeness (QED) is 0.635. The van der Waals surface area contributed by atoms with Gasteiger partial charge in [0.2, 0.25) is 11.5 Å². The Morgan fingerprint density at radius 3 is 3.12 bits per heavy atom. The molecule has 2 rings (SSSR count). The van der Waals surface area contributed by atoms with Crippen LogP contribution in [0, 0.1) is 0 Å². The fourth-order valence-corrected chi connectivity index (χ4v) is 1.62. The minimum absolute atomic E-state index is 0.00380. The molecular formula is C12H13NO4. The molecule has 0 saturated heterocycles. The summed E-state index contributed by atoms with van der Waals surface area (Å²) in [4.78, 5) is 15.6. The second-order valence-corrected chi connectivity index (χ2v) is 3.67. The van der Waals surface area contributed by atoms with Crippen molar-refractivity contribution in [2.24, 2.45) is 0 Å². The number of fused-ring (bicyclic) bond motifs is 1. The summed E-state index contributed by atoms with van der Waals surface area (Å²) in [6.45, 7) is 0.508. The standard InChI is InChI=1S/C12H13NO4/c1-16-6-2-3-9(14)12-11(15)8-4-5-13-7-10(8)17-12/h4-5,7,15H,2-3,6H2,1H3. The molecule has 0 spiro atoms. The largest absolute Gasteiger partial charge is 0.504 e. The molecule has 2 aromatic heterocycles. The van der Waals surface area contributed by atoms with E-state index in [9.17, 15) is 9.90 Å². The van der Waals surface area contributed by atoms with Gasteiger partial charge in [-0.25, -0.2) is 0 Å². The van der Waals surface area contributed by atoms with Crippen LogP contribution in [-0.4, -0.2) is 29.6 Å². The van der Waals surface area contributed by atoms with E-state index in [-0.39, 0.29) is 23.7 Å². The van der Waals surface area contributed by atoms with E-state index < -0.39 is 0 Å². The summed E-state index contributed by atoms with van der Waals surface area (Å²) in [6, 6.07) is 1.61. The number of aromatic nitrogens is 1. The van der Waals surface area contributed by atoms with Crippen LogP contribution in [0.1, 0.15) is 23.4 Å². The number of pyridine rings is 1. The van der Waals surface area contributed by atoms with E-state index in [1.165, 1.54) is 12.4 Å². The molecule has 0 unspecified atom stereocenters. The lowest BCUT2D eigenvalue weighted by Gasteiger charge is -1.97. The lowest BCUT2D eigenvalue weighted by molar-refractivity contribution is 0.0935. The van der Waals surface area contributed by atoms with Crippen LogP contribution < -0.4 is 0 Å². The summed E-state index contributed by atoms with van der Waals surface area (Å²) in [5, 5.41) is 10.4. The fourth-order valence-electron chi connectivity index (χ4n) is 1.62. The van der Waals surface area contributed by atoms with Crippen LogP contribution in [0.5, 0.6) is 5.75 Å². The molecule has 0 aromatic carbocycles. The minimum Gasteiger partial charge on any atom is -0.504 e. The highest BCUT2D eigenvalue weighted by atomic mass is 16.5. The predicted molar refractivity (Wildman–Crippen MR) is 61.1 cm³/mol. The summed E-state index contributed by atoms with van der Waals surface area (Å²) in [5.74, 6) is -0.329. The Bertz CT molecular complexity index is 532. The van der Waals surface area contributed by atoms with Gasteiger partial charge in [-0.15, -0.1) is 0 Å². The third-order valence-corrected chi connectivity index (χ3v) is 2.47. The third kappa shape index (κ3) is 2.29. The van der Waals surface area contributed by atoms with Crippen LogP contribution in [0.3, 0.4) is 0 Å². The molecule has 0 atom stereocenters. The van der Waals surface area contributed by atoms with E-state index in [1.54, 1.807) is 13.2 Å². The highest BCUT2D eigenvalue weighted by molar-refractivity contribution is 6.02. The Morgan fingerprint density at radius 1 is 1.59 bits per heavy atom. The summed E-state index contributed by atoms with van der Waals surface area (Å²) in [6.07, 6.45) is 3.90. The lowest BCUT2D eigenvalue weighted by atomic mass is 10.1. The SMILES string of the molecule is COCCCC(=O)c1oc2cnccc2c1O. The molecule has 0 radical (unpaired) electrons. The Labute approximate surface area is 98.0 Å². The van der Waals surface area contributed by atoms with Crippen molar-refractivity contribution in [1.82, 2.24) is 4.98 Å². The second-order valence-electron chi connectivity index (χ2n) is 3.67. The number of rotatable bonds is 5. The molecule has 90 valence electrons. The van der Waals surface area contributed by atoms with Gasteiger partial charge in [0.25, 0.3) is 0 Å². The molecule has 0 aliphatic carbocycles. The molecule has 0 amide bonds. The van der Waals surface area contributed by atoms with Gasteiger partial charge in [0.05, 0.1) is 11.6 Å². The van der Waals surface area contributed by atoms with Crippen molar-refractivity contribution in [2.45, 2.75) is 12.8 Å². The van der Waals surface area contributed by atoms with Crippen LogP contribution in [0.15, 0.2) is 22.9 Å². The Balaban J connectivity index is 2.23. The van der Waals surface area contributed by atoms with E-state index in [0.29, 0.717) is 24.0 Å². The van der Waals surface area contributed by atoms with Crippen LogP contribution in [0.4, 0.5) is 0 Å². The van der Waals surface area contributed by atoms with Crippen molar-refractivity contribution in [2.75, 3.05) is 13.7 Å². The lowest BCUT2D eigenvalue weighted by Crippen LogP contribution is -2.00. The van der Waals surface area contributed by atoms with E-state index >= 15 is 0 Å². The monoisotopic (exact) mass is 235 g/mol. The Hall–Kier alpha value is -1.88. The van der Waals surface area contributed by atoms with E-state index in [1.807, 2.05) is 0 Å². The average molecular weight is 235 g/mol. The van der Waals surface area contributed by atoms with Crippen molar-refractivity contribution < 1.29 is 19.1 Å². The maximum atomic E-state index is 11.8. The number of hydrogen-bond donors (Lipinski definition) is 1. The van der Waals surface area contributed by atoms with Crippen molar-refractivity contribution in [3.8, 4) is 5.75 Å². The number of Topliss-reactive ketones (excluding diaryl/α,β-unsaturated/α-hetero) is 1. The van der Waals surface area contributed by atoms with Crippen LogP contribution in [-0.2, 0) is 4.74 Å². The number of carbonyl (C=O) groups is 1. The summed E-state index contributed by atoms with van der Waals surface area (Å²) in [5.41, 5.74) is 0.417. The van der Waals surface area contributed by atoms with Crippen molar-refractivity contribution in [1.29, 1.82) is 0 Å². The molecule has 5 nitrogen and oxygen atoms in total. The number of ketones is 1. The number of nitrogens with zero attached hydrogens (tertiary/aromatic N) is 1. The molecule has 0 saturated carbocycles. The first-order valence-corrected chi connectivity index (χ1v) is 5.31. The number of aromatic hydroxyl groups is 1. The molecule has 2 heterocycles. The zero-order chi connectivity index (χ0) is 12.3. The van der Waals surface area contributed by atoms with E-state index in [2.05, 4.69) is 4.98 Å². The number of methoxy groups -OCH3 is 1. The highest BCUT2D eigenvalue weighted by Gasteiger charge is 2.19. The summed E-state index contributed by atoms with van der Waals surface area (Å²) >= 11 is 0. The topological polar surface area (TPSA) is 72.6 Å². The maximum absolute atomic E-state index is 11.8. The Morgan fingerprint density at radius 2 is 2.41 bits per heavy atom. The number of ether oxygens (including phenoxy) is 1. The van der Waals surface area contributed by atoms with Gasteiger partial charge in [0.1, 0.15) is 0 Å². The van der Waals surface area contributed by atoms with E-state index in [0.717, 1.165) is 0 Å².